The third-order valence-corrected chi connectivity index (χ3v) is 6.56. The molecule has 3 aromatic rings. The zero-order valence-electron chi connectivity index (χ0n) is 19.7. The molecule has 0 radical (unpaired) electrons. The van der Waals surface area contributed by atoms with E-state index in [1.165, 1.54) is 18.1 Å². The largest absolute Gasteiger partial charge is 0.493 e. The fraction of sp³-hybridized carbons (Fsp3) is 0.440. The van der Waals surface area contributed by atoms with Crippen LogP contribution in [0, 0.1) is 5.82 Å². The van der Waals surface area contributed by atoms with Gasteiger partial charge in [-0.05, 0) is 31.4 Å². The van der Waals surface area contributed by atoms with Crippen LogP contribution in [0.25, 0.3) is 11.0 Å². The summed E-state index contributed by atoms with van der Waals surface area (Å²) >= 11 is 6.36. The molecule has 1 N–H and O–H groups in total. The molecule has 1 fully saturated rings. The number of urea groups is 1. The molecule has 4 rings (SSSR count). The molecule has 0 unspecified atom stereocenters. The number of carbonyl (C=O) groups excluding carboxylic acids is 1. The number of ether oxygens (including phenoxy) is 2. The van der Waals surface area contributed by atoms with Crippen molar-refractivity contribution in [2.45, 2.75) is 52.1 Å². The highest BCUT2D eigenvalue weighted by Gasteiger charge is 2.34. The van der Waals surface area contributed by atoms with Gasteiger partial charge in [-0.25, -0.2) is 14.2 Å². The van der Waals surface area contributed by atoms with Crippen LogP contribution in [0.1, 0.15) is 45.1 Å². The summed E-state index contributed by atoms with van der Waals surface area (Å²) < 4.78 is 26.3. The van der Waals surface area contributed by atoms with E-state index in [-0.39, 0.29) is 17.8 Å². The molecule has 0 bridgehead atoms. The van der Waals surface area contributed by atoms with E-state index in [9.17, 15) is 4.79 Å². The number of methoxy groups -OCH3 is 1. The van der Waals surface area contributed by atoms with Gasteiger partial charge >= 0.3 is 6.03 Å². The Bertz CT molecular complexity index is 1170. The van der Waals surface area contributed by atoms with Crippen LogP contribution in [0.2, 0.25) is 5.02 Å². The number of hydrogen-bond donors (Lipinski definition) is 1. The smallest absolute Gasteiger partial charge is 0.325 e. The Kier molecular flexibility index (Phi) is 7.46. The maximum Gasteiger partial charge on any atom is 0.325 e. The molecule has 1 saturated heterocycles. The van der Waals surface area contributed by atoms with Crippen molar-refractivity contribution < 1.29 is 18.7 Å². The monoisotopic (exact) mass is 488 g/mol. The lowest BCUT2D eigenvalue weighted by Gasteiger charge is -2.40. The second-order valence-electron chi connectivity index (χ2n) is 8.54. The number of nitrogens with one attached hydrogen (secondary N) is 1. The number of amides is 2. The van der Waals surface area contributed by atoms with Crippen LogP contribution in [-0.2, 0) is 6.54 Å². The first-order valence-electron chi connectivity index (χ1n) is 11.6. The number of pyridine rings is 1. The Balaban J connectivity index is 1.61. The number of hydrogen-bond acceptors (Lipinski definition) is 4. The van der Waals surface area contributed by atoms with Gasteiger partial charge in [0.1, 0.15) is 5.65 Å². The van der Waals surface area contributed by atoms with Gasteiger partial charge in [0.2, 0.25) is 0 Å². The van der Waals surface area contributed by atoms with Crippen LogP contribution in [0.5, 0.6) is 11.5 Å². The number of fused-ring (bicyclic) bond motifs is 1. The topological polar surface area (TPSA) is 70.7 Å². The lowest BCUT2D eigenvalue weighted by molar-refractivity contribution is 0.166. The van der Waals surface area contributed by atoms with Crippen LogP contribution < -0.4 is 14.4 Å². The van der Waals surface area contributed by atoms with Crippen molar-refractivity contribution in [3.8, 4) is 11.5 Å². The summed E-state index contributed by atoms with van der Waals surface area (Å²) in [5.74, 6) is 0.220. The Hall–Kier alpha value is -3.00. The Morgan fingerprint density at radius 1 is 1.29 bits per heavy atom. The highest BCUT2D eigenvalue weighted by Crippen LogP contribution is 2.37. The van der Waals surface area contributed by atoms with Gasteiger partial charge in [-0.1, -0.05) is 31.4 Å². The van der Waals surface area contributed by atoms with E-state index >= 15 is 4.39 Å². The minimum Gasteiger partial charge on any atom is -0.493 e. The van der Waals surface area contributed by atoms with Gasteiger partial charge < -0.3 is 19.4 Å². The fourth-order valence-electron chi connectivity index (χ4n) is 4.29. The van der Waals surface area contributed by atoms with Crippen LogP contribution in [0.4, 0.5) is 14.9 Å². The molecule has 7 nitrogen and oxygen atoms in total. The maximum absolute atomic E-state index is 15.1. The van der Waals surface area contributed by atoms with E-state index in [0.717, 1.165) is 30.2 Å². The number of anilines is 1. The highest BCUT2D eigenvalue weighted by molar-refractivity contribution is 6.35. The summed E-state index contributed by atoms with van der Waals surface area (Å²) in [4.78, 5) is 24.1. The molecule has 182 valence electrons. The van der Waals surface area contributed by atoms with E-state index < -0.39 is 5.82 Å². The van der Waals surface area contributed by atoms with Gasteiger partial charge in [-0.15, -0.1) is 0 Å². The third kappa shape index (κ3) is 4.78. The lowest BCUT2D eigenvalue weighted by atomic mass is 10.1. The van der Waals surface area contributed by atoms with E-state index in [4.69, 9.17) is 21.1 Å². The van der Waals surface area contributed by atoms with Crippen molar-refractivity contribution in [3.63, 3.8) is 0 Å². The molecule has 0 spiro atoms. The first-order valence-corrected chi connectivity index (χ1v) is 12.0. The zero-order valence-corrected chi connectivity index (χ0v) is 20.5. The fourth-order valence-corrected chi connectivity index (χ4v) is 4.56. The Morgan fingerprint density at radius 2 is 2.12 bits per heavy atom. The van der Waals surface area contributed by atoms with Crippen LogP contribution in [0.3, 0.4) is 0 Å². The standard InChI is InChI=1S/C25H30ClFN4O3/c1-4-5-6-11-34-22-13-20(19(27)12-21(22)33-3)30-10-8-16(2)31(25(30)32)15-17-7-9-28-24-23(17)18(26)14-29-24/h7,9,12-14,16H,4-6,8,10-11,15H2,1-3H3,(H,28,29)/t16-/m0/s1. The number of nitrogens with zero attached hydrogens (tertiary/aromatic N) is 3. The normalized spacial score (nSPS) is 16.4. The van der Waals surface area contributed by atoms with Crippen molar-refractivity contribution in [2.24, 2.45) is 0 Å². The van der Waals surface area contributed by atoms with Crippen molar-refractivity contribution in [1.29, 1.82) is 0 Å². The molecule has 0 aliphatic carbocycles. The number of benzene rings is 1. The quantitative estimate of drug-likeness (QED) is 0.366. The highest BCUT2D eigenvalue weighted by atomic mass is 35.5. The van der Waals surface area contributed by atoms with Crippen LogP contribution >= 0.6 is 11.6 Å². The summed E-state index contributed by atoms with van der Waals surface area (Å²) in [6, 6.07) is 4.43. The summed E-state index contributed by atoms with van der Waals surface area (Å²) in [5, 5.41) is 1.35. The second kappa shape index (κ2) is 10.5. The zero-order chi connectivity index (χ0) is 24.2. The van der Waals surface area contributed by atoms with Gasteiger partial charge in [0, 0.05) is 49.0 Å². The van der Waals surface area contributed by atoms with Gasteiger partial charge in [0.05, 0.1) is 24.4 Å². The van der Waals surface area contributed by atoms with Crippen molar-refractivity contribution in [3.05, 3.63) is 47.0 Å². The summed E-state index contributed by atoms with van der Waals surface area (Å²) in [6.45, 7) is 5.37. The first kappa shape index (κ1) is 24.1. The summed E-state index contributed by atoms with van der Waals surface area (Å²) in [7, 11) is 1.48. The number of halogens is 2. The molecule has 1 aliphatic heterocycles. The SMILES string of the molecule is CCCCCOc1cc(N2CC[C@H](C)N(Cc3ccnc4[nH]cc(Cl)c34)C2=O)c(F)cc1OC. The van der Waals surface area contributed by atoms with Gasteiger partial charge in [-0.2, -0.15) is 0 Å². The average molecular weight is 489 g/mol. The van der Waals surface area contributed by atoms with Crippen molar-refractivity contribution in [1.82, 2.24) is 14.9 Å². The molecule has 1 atom stereocenters. The molecule has 3 heterocycles. The van der Waals surface area contributed by atoms with Crippen molar-refractivity contribution >= 4 is 34.4 Å². The first-order chi connectivity index (χ1) is 16.4. The predicted octanol–water partition coefficient (Wildman–Crippen LogP) is 6.15. The summed E-state index contributed by atoms with van der Waals surface area (Å²) in [5.41, 5.74) is 1.74. The van der Waals surface area contributed by atoms with Gasteiger partial charge in [0.15, 0.2) is 17.3 Å². The molecular formula is C25H30ClFN4O3. The van der Waals surface area contributed by atoms with Crippen LogP contribution in [0.15, 0.2) is 30.6 Å². The third-order valence-electron chi connectivity index (χ3n) is 6.26. The number of carbonyl (C=O) groups is 1. The minimum absolute atomic E-state index is 0.0178. The number of H-pyrrole nitrogens is 1. The maximum atomic E-state index is 15.1. The number of rotatable bonds is 9. The number of aromatic amines is 1. The molecule has 1 aromatic carbocycles. The van der Waals surface area contributed by atoms with E-state index in [1.807, 2.05) is 13.0 Å². The van der Waals surface area contributed by atoms with Gasteiger partial charge in [-0.3, -0.25) is 4.90 Å². The summed E-state index contributed by atoms with van der Waals surface area (Å²) in [6.07, 6.45) is 7.07. The van der Waals surface area contributed by atoms with Gasteiger partial charge in [0.25, 0.3) is 0 Å². The average Bonchev–Trinajstić information content (AvgIpc) is 3.22. The molecule has 34 heavy (non-hydrogen) atoms. The van der Waals surface area contributed by atoms with Crippen LogP contribution in [-0.4, -0.2) is 47.2 Å². The molecule has 2 aromatic heterocycles. The second-order valence-corrected chi connectivity index (χ2v) is 8.95. The van der Waals surface area contributed by atoms with Crippen molar-refractivity contribution in [2.75, 3.05) is 25.2 Å². The van der Waals surface area contributed by atoms with E-state index in [2.05, 4.69) is 16.9 Å². The van der Waals surface area contributed by atoms with E-state index in [0.29, 0.717) is 48.3 Å². The molecule has 1 aliphatic rings. The molecule has 0 saturated carbocycles. The number of unbranched alkanes of at least 4 members (excludes halogenated alkanes) is 2. The lowest BCUT2D eigenvalue weighted by Crippen LogP contribution is -2.53. The molecule has 9 heteroatoms. The van der Waals surface area contributed by atoms with E-state index in [1.54, 1.807) is 23.4 Å². The molecular weight excluding hydrogens is 459 g/mol. The number of aromatic nitrogens is 2. The Morgan fingerprint density at radius 3 is 2.88 bits per heavy atom. The minimum atomic E-state index is -0.527. The predicted molar refractivity (Wildman–Crippen MR) is 131 cm³/mol. The Labute approximate surface area is 203 Å². The molecule has 2 amide bonds.